The van der Waals surface area contributed by atoms with Gasteiger partial charge < -0.3 is 10.6 Å². The number of nitrogen functional groups attached to an aromatic ring is 1. The van der Waals surface area contributed by atoms with Crippen molar-refractivity contribution in [2.75, 3.05) is 23.7 Å². The fourth-order valence-electron chi connectivity index (χ4n) is 2.30. The molecule has 1 aliphatic heterocycles. The van der Waals surface area contributed by atoms with Crippen molar-refractivity contribution in [2.45, 2.75) is 13.8 Å². The Morgan fingerprint density at radius 1 is 1.11 bits per heavy atom. The molecule has 100 valence electrons. The van der Waals surface area contributed by atoms with Crippen LogP contribution in [-0.2, 0) is 0 Å². The molecular formula is C12H17N7. The maximum absolute atomic E-state index is 5.78. The van der Waals surface area contributed by atoms with Gasteiger partial charge in [0.1, 0.15) is 6.33 Å². The van der Waals surface area contributed by atoms with E-state index in [1.807, 2.05) is 0 Å². The first-order valence-electron chi connectivity index (χ1n) is 6.38. The standard InChI is InChI=1S/C12H17N7/c1-8-5-19(6-9(8)2)12-16-10(13)15-11(17-12)18-4-3-14-7-18/h3-4,7-9H,5-6H2,1-2H3,(H2,13,15,16,17). The van der Waals surface area contributed by atoms with Crippen molar-refractivity contribution in [1.82, 2.24) is 24.5 Å². The van der Waals surface area contributed by atoms with Gasteiger partial charge in [0.25, 0.3) is 0 Å². The lowest BCUT2D eigenvalue weighted by Gasteiger charge is -2.16. The van der Waals surface area contributed by atoms with E-state index in [1.165, 1.54) is 0 Å². The summed E-state index contributed by atoms with van der Waals surface area (Å²) in [5, 5.41) is 0. The number of nitrogens with two attached hydrogens (primary N) is 1. The second-order valence-corrected chi connectivity index (χ2v) is 5.12. The van der Waals surface area contributed by atoms with Gasteiger partial charge in [0.2, 0.25) is 17.8 Å². The number of nitrogens with zero attached hydrogens (tertiary/aromatic N) is 6. The van der Waals surface area contributed by atoms with E-state index in [1.54, 1.807) is 23.3 Å². The highest BCUT2D eigenvalue weighted by Gasteiger charge is 2.28. The molecule has 0 amide bonds. The van der Waals surface area contributed by atoms with Crippen molar-refractivity contribution in [3.05, 3.63) is 18.7 Å². The lowest BCUT2D eigenvalue weighted by atomic mass is 10.0. The topological polar surface area (TPSA) is 85.8 Å². The van der Waals surface area contributed by atoms with Crippen molar-refractivity contribution >= 4 is 11.9 Å². The first-order chi connectivity index (χ1) is 9.13. The van der Waals surface area contributed by atoms with Gasteiger partial charge in [0.05, 0.1) is 0 Å². The van der Waals surface area contributed by atoms with E-state index < -0.39 is 0 Å². The Morgan fingerprint density at radius 3 is 2.42 bits per heavy atom. The summed E-state index contributed by atoms with van der Waals surface area (Å²) in [6, 6.07) is 0. The highest BCUT2D eigenvalue weighted by atomic mass is 15.3. The lowest BCUT2D eigenvalue weighted by Crippen LogP contribution is -2.23. The molecule has 19 heavy (non-hydrogen) atoms. The van der Waals surface area contributed by atoms with E-state index in [4.69, 9.17) is 5.73 Å². The minimum absolute atomic E-state index is 0.237. The number of anilines is 2. The third-order valence-electron chi connectivity index (χ3n) is 3.64. The maximum Gasteiger partial charge on any atom is 0.241 e. The first-order valence-corrected chi connectivity index (χ1v) is 6.38. The average molecular weight is 259 g/mol. The molecule has 0 saturated carbocycles. The number of imidazole rings is 1. The van der Waals surface area contributed by atoms with Crippen molar-refractivity contribution < 1.29 is 0 Å². The summed E-state index contributed by atoms with van der Waals surface area (Å²) < 4.78 is 1.73. The van der Waals surface area contributed by atoms with Gasteiger partial charge in [-0.2, -0.15) is 15.0 Å². The Bertz CT molecular complexity index is 555. The van der Waals surface area contributed by atoms with Gasteiger partial charge >= 0.3 is 0 Å². The van der Waals surface area contributed by atoms with Crippen LogP contribution in [0.15, 0.2) is 18.7 Å². The van der Waals surface area contributed by atoms with E-state index in [0.29, 0.717) is 23.7 Å². The van der Waals surface area contributed by atoms with Crippen LogP contribution in [0.5, 0.6) is 0 Å². The van der Waals surface area contributed by atoms with Crippen LogP contribution in [0, 0.1) is 11.8 Å². The summed E-state index contributed by atoms with van der Waals surface area (Å²) in [5.74, 6) is 2.66. The van der Waals surface area contributed by atoms with Crippen LogP contribution >= 0.6 is 0 Å². The van der Waals surface area contributed by atoms with Crippen LogP contribution in [0.2, 0.25) is 0 Å². The third-order valence-corrected chi connectivity index (χ3v) is 3.64. The quantitative estimate of drug-likeness (QED) is 0.855. The summed E-state index contributed by atoms with van der Waals surface area (Å²) in [6.07, 6.45) is 5.11. The zero-order valence-electron chi connectivity index (χ0n) is 11.1. The molecule has 3 rings (SSSR count). The molecule has 7 nitrogen and oxygen atoms in total. The van der Waals surface area contributed by atoms with E-state index >= 15 is 0 Å². The van der Waals surface area contributed by atoms with Crippen LogP contribution in [-0.4, -0.2) is 37.6 Å². The predicted octanol–water partition coefficient (Wildman–Crippen LogP) is 0.732. The number of aromatic nitrogens is 5. The molecule has 7 heteroatoms. The van der Waals surface area contributed by atoms with Gasteiger partial charge in [0.15, 0.2) is 0 Å². The van der Waals surface area contributed by atoms with Gasteiger partial charge in [-0.3, -0.25) is 4.57 Å². The molecule has 0 aliphatic carbocycles. The molecule has 1 aliphatic rings. The predicted molar refractivity (Wildman–Crippen MR) is 71.9 cm³/mol. The van der Waals surface area contributed by atoms with Crippen LogP contribution < -0.4 is 10.6 Å². The molecule has 1 saturated heterocycles. The van der Waals surface area contributed by atoms with Crippen molar-refractivity contribution in [3.8, 4) is 5.95 Å². The zero-order valence-corrected chi connectivity index (χ0v) is 11.1. The molecule has 2 atom stereocenters. The van der Waals surface area contributed by atoms with E-state index in [-0.39, 0.29) is 5.95 Å². The highest BCUT2D eigenvalue weighted by molar-refractivity contribution is 5.39. The summed E-state index contributed by atoms with van der Waals surface area (Å²) in [7, 11) is 0. The van der Waals surface area contributed by atoms with E-state index in [9.17, 15) is 0 Å². The number of hydrogen-bond acceptors (Lipinski definition) is 6. The van der Waals surface area contributed by atoms with Gasteiger partial charge in [-0.1, -0.05) is 13.8 Å². The summed E-state index contributed by atoms with van der Waals surface area (Å²) in [6.45, 7) is 6.39. The minimum atomic E-state index is 0.237. The van der Waals surface area contributed by atoms with Crippen LogP contribution in [0.1, 0.15) is 13.8 Å². The third kappa shape index (κ3) is 2.23. The van der Waals surface area contributed by atoms with Gasteiger partial charge in [-0.05, 0) is 11.8 Å². The van der Waals surface area contributed by atoms with Crippen molar-refractivity contribution in [1.29, 1.82) is 0 Å². The smallest absolute Gasteiger partial charge is 0.241 e. The SMILES string of the molecule is CC1CN(c2nc(N)nc(-n3ccnc3)n2)CC1C. The maximum atomic E-state index is 5.78. The molecule has 0 radical (unpaired) electrons. The zero-order chi connectivity index (χ0) is 13.4. The molecule has 0 spiro atoms. The molecule has 2 aromatic rings. The Balaban J connectivity index is 1.95. The normalized spacial score (nSPS) is 22.9. The monoisotopic (exact) mass is 259 g/mol. The Kier molecular flexibility index (Phi) is 2.81. The molecule has 2 N–H and O–H groups in total. The summed E-state index contributed by atoms with van der Waals surface area (Å²) in [5.41, 5.74) is 5.78. The fourth-order valence-corrected chi connectivity index (χ4v) is 2.30. The van der Waals surface area contributed by atoms with Gasteiger partial charge in [0, 0.05) is 25.5 Å². The van der Waals surface area contributed by atoms with Crippen LogP contribution in [0.25, 0.3) is 5.95 Å². The van der Waals surface area contributed by atoms with Gasteiger partial charge in [-0.15, -0.1) is 0 Å². The Labute approximate surface area is 111 Å². The second kappa shape index (κ2) is 4.49. The minimum Gasteiger partial charge on any atom is -0.368 e. The largest absolute Gasteiger partial charge is 0.368 e. The summed E-state index contributed by atoms with van der Waals surface area (Å²) >= 11 is 0. The Hall–Kier alpha value is -2.18. The first kappa shape index (κ1) is 11.9. The van der Waals surface area contributed by atoms with Crippen molar-refractivity contribution in [2.24, 2.45) is 11.8 Å². The molecule has 1 fully saturated rings. The highest BCUT2D eigenvalue weighted by Crippen LogP contribution is 2.25. The second-order valence-electron chi connectivity index (χ2n) is 5.12. The lowest BCUT2D eigenvalue weighted by molar-refractivity contribution is 0.494. The van der Waals surface area contributed by atoms with Crippen LogP contribution in [0.4, 0.5) is 11.9 Å². The summed E-state index contributed by atoms with van der Waals surface area (Å²) in [4.78, 5) is 19.0. The van der Waals surface area contributed by atoms with Crippen LogP contribution in [0.3, 0.4) is 0 Å². The number of hydrogen-bond donors (Lipinski definition) is 1. The average Bonchev–Trinajstić information content (AvgIpc) is 3.00. The van der Waals surface area contributed by atoms with Gasteiger partial charge in [-0.25, -0.2) is 4.98 Å². The molecular weight excluding hydrogens is 242 g/mol. The van der Waals surface area contributed by atoms with Crippen molar-refractivity contribution in [3.63, 3.8) is 0 Å². The van der Waals surface area contributed by atoms with E-state index in [0.717, 1.165) is 13.1 Å². The Morgan fingerprint density at radius 2 is 1.79 bits per heavy atom. The molecule has 2 unspecified atom stereocenters. The molecule has 0 aromatic carbocycles. The molecule has 2 aromatic heterocycles. The van der Waals surface area contributed by atoms with E-state index in [2.05, 4.69) is 38.7 Å². The molecule has 0 bridgehead atoms. The number of rotatable bonds is 2. The molecule has 3 heterocycles. The fraction of sp³-hybridized carbons (Fsp3) is 0.500.